The summed E-state index contributed by atoms with van der Waals surface area (Å²) < 4.78 is 11.2. The number of nitrogens with zero attached hydrogens (tertiary/aromatic N) is 1. The van der Waals surface area contributed by atoms with E-state index in [-0.39, 0.29) is 30.4 Å². The van der Waals surface area contributed by atoms with Crippen LogP contribution in [0.1, 0.15) is 52.9 Å². The van der Waals surface area contributed by atoms with Crippen LogP contribution in [0.4, 0.5) is 0 Å². The van der Waals surface area contributed by atoms with Crippen molar-refractivity contribution in [2.45, 2.75) is 58.9 Å². The zero-order valence-electron chi connectivity index (χ0n) is 17.4. The molecule has 1 aliphatic rings. The molecule has 1 saturated heterocycles. The number of unbranched alkanes of at least 4 members (excludes halogenated alkanes) is 1. The number of piperidine rings is 1. The molecule has 0 aromatic heterocycles. The summed E-state index contributed by atoms with van der Waals surface area (Å²) in [5.41, 5.74) is 0. The summed E-state index contributed by atoms with van der Waals surface area (Å²) in [5, 5.41) is 2.99. The van der Waals surface area contributed by atoms with Gasteiger partial charge in [-0.2, -0.15) is 0 Å². The molecule has 1 aromatic carbocycles. The fourth-order valence-electron chi connectivity index (χ4n) is 3.28. The van der Waals surface area contributed by atoms with E-state index in [1.165, 1.54) is 0 Å². The molecule has 2 rings (SSSR count). The second-order valence-corrected chi connectivity index (χ2v) is 7.42. The van der Waals surface area contributed by atoms with Crippen molar-refractivity contribution in [3.63, 3.8) is 0 Å². The molecule has 1 heterocycles. The van der Waals surface area contributed by atoms with E-state index >= 15 is 0 Å². The van der Waals surface area contributed by atoms with E-state index in [2.05, 4.69) is 19.2 Å². The molecule has 1 N–H and O–H groups in total. The van der Waals surface area contributed by atoms with E-state index in [1.54, 1.807) is 4.90 Å². The predicted octanol–water partition coefficient (Wildman–Crippen LogP) is 3.40. The Labute approximate surface area is 168 Å². The van der Waals surface area contributed by atoms with Gasteiger partial charge in [0.05, 0.1) is 12.5 Å². The summed E-state index contributed by atoms with van der Waals surface area (Å²) in [6.45, 7) is 8.01. The average molecular weight is 391 g/mol. The van der Waals surface area contributed by atoms with Crippen molar-refractivity contribution in [1.29, 1.82) is 0 Å². The molecule has 2 unspecified atom stereocenters. The summed E-state index contributed by atoms with van der Waals surface area (Å²) in [5.74, 6) is 1.27. The molecule has 28 heavy (non-hydrogen) atoms. The van der Waals surface area contributed by atoms with Crippen molar-refractivity contribution in [2.75, 3.05) is 26.3 Å². The Morgan fingerprint density at radius 2 is 1.75 bits per heavy atom. The smallest absolute Gasteiger partial charge is 0.260 e. The van der Waals surface area contributed by atoms with Crippen LogP contribution in [0.3, 0.4) is 0 Å². The normalized spacial score (nSPS) is 19.2. The molecule has 156 valence electrons. The van der Waals surface area contributed by atoms with Crippen molar-refractivity contribution in [3.05, 3.63) is 24.3 Å². The largest absolute Gasteiger partial charge is 0.494 e. The van der Waals surface area contributed by atoms with Gasteiger partial charge in [0, 0.05) is 19.1 Å². The summed E-state index contributed by atoms with van der Waals surface area (Å²) in [7, 11) is 0. The van der Waals surface area contributed by atoms with Gasteiger partial charge in [0.25, 0.3) is 5.91 Å². The lowest BCUT2D eigenvalue weighted by Gasteiger charge is -2.37. The number of hydrogen-bond donors (Lipinski definition) is 1. The number of amides is 2. The monoisotopic (exact) mass is 390 g/mol. The Morgan fingerprint density at radius 3 is 2.39 bits per heavy atom. The Kier molecular flexibility index (Phi) is 9.11. The molecule has 1 aliphatic heterocycles. The predicted molar refractivity (Wildman–Crippen MR) is 110 cm³/mol. The molecule has 1 aromatic rings. The van der Waals surface area contributed by atoms with Crippen LogP contribution in [0, 0.1) is 5.92 Å². The van der Waals surface area contributed by atoms with Crippen molar-refractivity contribution in [2.24, 2.45) is 5.92 Å². The van der Waals surface area contributed by atoms with Crippen molar-refractivity contribution in [1.82, 2.24) is 10.2 Å². The number of hydrogen-bond acceptors (Lipinski definition) is 4. The molecule has 0 bridgehead atoms. The first-order valence-electron chi connectivity index (χ1n) is 10.5. The number of benzene rings is 1. The standard InChI is InChI=1S/C22H34N2O4/c1-4-6-13-23-22(26)18-8-7-17(3)24(15-18)21(25)16-28-20-11-9-19(10-12-20)27-14-5-2/h9-12,17-18H,4-8,13-16H2,1-3H3,(H,23,26). The van der Waals surface area contributed by atoms with Crippen LogP contribution in [0.5, 0.6) is 11.5 Å². The van der Waals surface area contributed by atoms with E-state index in [9.17, 15) is 9.59 Å². The van der Waals surface area contributed by atoms with E-state index in [4.69, 9.17) is 9.47 Å². The number of rotatable bonds is 10. The maximum absolute atomic E-state index is 12.7. The van der Waals surface area contributed by atoms with Crippen LogP contribution >= 0.6 is 0 Å². The van der Waals surface area contributed by atoms with E-state index < -0.39 is 0 Å². The molecular formula is C22H34N2O4. The highest BCUT2D eigenvalue weighted by atomic mass is 16.5. The zero-order valence-corrected chi connectivity index (χ0v) is 17.4. The van der Waals surface area contributed by atoms with Gasteiger partial charge in [0.15, 0.2) is 6.61 Å². The van der Waals surface area contributed by atoms with Gasteiger partial charge in [-0.3, -0.25) is 9.59 Å². The minimum Gasteiger partial charge on any atom is -0.494 e. The second-order valence-electron chi connectivity index (χ2n) is 7.42. The number of carbonyl (C=O) groups is 2. The third-order valence-corrected chi connectivity index (χ3v) is 5.06. The SMILES string of the molecule is CCCCNC(=O)C1CCC(C)N(C(=O)COc2ccc(OCCC)cc2)C1. The number of likely N-dealkylation sites (tertiary alicyclic amines) is 1. The molecule has 1 fully saturated rings. The van der Waals surface area contributed by atoms with E-state index in [0.717, 1.165) is 37.9 Å². The van der Waals surface area contributed by atoms with Crippen LogP contribution in [-0.2, 0) is 9.59 Å². The van der Waals surface area contributed by atoms with Gasteiger partial charge in [-0.1, -0.05) is 20.3 Å². The van der Waals surface area contributed by atoms with Crippen LogP contribution in [0.25, 0.3) is 0 Å². The minimum atomic E-state index is -0.132. The minimum absolute atomic E-state index is 0.0241. The quantitative estimate of drug-likeness (QED) is 0.622. The molecule has 6 heteroatoms. The topological polar surface area (TPSA) is 67.9 Å². The maximum Gasteiger partial charge on any atom is 0.260 e. The number of nitrogens with one attached hydrogen (secondary N) is 1. The van der Waals surface area contributed by atoms with Crippen molar-refractivity contribution < 1.29 is 19.1 Å². The molecule has 6 nitrogen and oxygen atoms in total. The summed E-state index contributed by atoms with van der Waals surface area (Å²) in [6.07, 6.45) is 4.64. The highest BCUT2D eigenvalue weighted by Crippen LogP contribution is 2.23. The third kappa shape index (κ3) is 6.73. The fourth-order valence-corrected chi connectivity index (χ4v) is 3.28. The van der Waals surface area contributed by atoms with Gasteiger partial charge >= 0.3 is 0 Å². The van der Waals surface area contributed by atoms with Crippen LogP contribution in [0.15, 0.2) is 24.3 Å². The Hall–Kier alpha value is -2.24. The van der Waals surface area contributed by atoms with Crippen LogP contribution < -0.4 is 14.8 Å². The van der Waals surface area contributed by atoms with Gasteiger partial charge in [0.1, 0.15) is 11.5 Å². The number of ether oxygens (including phenoxy) is 2. The van der Waals surface area contributed by atoms with Crippen molar-refractivity contribution >= 4 is 11.8 Å². The van der Waals surface area contributed by atoms with E-state index in [1.807, 2.05) is 31.2 Å². The molecule has 0 spiro atoms. The Bertz CT molecular complexity index is 617. The van der Waals surface area contributed by atoms with Gasteiger partial charge in [0.2, 0.25) is 5.91 Å². The lowest BCUT2D eigenvalue weighted by atomic mass is 9.92. The fraction of sp³-hybridized carbons (Fsp3) is 0.636. The van der Waals surface area contributed by atoms with Crippen molar-refractivity contribution in [3.8, 4) is 11.5 Å². The molecule has 2 amide bonds. The Balaban J connectivity index is 1.83. The third-order valence-electron chi connectivity index (χ3n) is 5.06. The first kappa shape index (κ1) is 22.1. The van der Waals surface area contributed by atoms with Gasteiger partial charge in [-0.25, -0.2) is 0 Å². The molecule has 0 aliphatic carbocycles. The lowest BCUT2D eigenvalue weighted by Crippen LogP contribution is -2.50. The highest BCUT2D eigenvalue weighted by molar-refractivity contribution is 5.82. The average Bonchev–Trinajstić information content (AvgIpc) is 2.71. The summed E-state index contributed by atoms with van der Waals surface area (Å²) in [4.78, 5) is 26.8. The zero-order chi connectivity index (χ0) is 20.4. The molecule has 0 saturated carbocycles. The molecule has 0 radical (unpaired) electrons. The maximum atomic E-state index is 12.7. The Morgan fingerprint density at radius 1 is 1.07 bits per heavy atom. The van der Waals surface area contributed by atoms with Crippen LogP contribution in [-0.4, -0.2) is 49.1 Å². The highest BCUT2D eigenvalue weighted by Gasteiger charge is 2.32. The summed E-state index contributed by atoms with van der Waals surface area (Å²) >= 11 is 0. The van der Waals surface area contributed by atoms with Crippen LogP contribution in [0.2, 0.25) is 0 Å². The van der Waals surface area contributed by atoms with Gasteiger partial charge in [-0.05, 0) is 56.9 Å². The first-order chi connectivity index (χ1) is 13.5. The number of carbonyl (C=O) groups excluding carboxylic acids is 2. The van der Waals surface area contributed by atoms with E-state index in [0.29, 0.717) is 25.4 Å². The van der Waals surface area contributed by atoms with Gasteiger partial charge < -0.3 is 19.7 Å². The molecule has 2 atom stereocenters. The summed E-state index contributed by atoms with van der Waals surface area (Å²) in [6, 6.07) is 7.43. The molecular weight excluding hydrogens is 356 g/mol. The first-order valence-corrected chi connectivity index (χ1v) is 10.5. The van der Waals surface area contributed by atoms with Gasteiger partial charge in [-0.15, -0.1) is 0 Å². The second kappa shape index (κ2) is 11.6. The lowest BCUT2D eigenvalue weighted by molar-refractivity contribution is -0.140.